The van der Waals surface area contributed by atoms with Gasteiger partial charge in [0.15, 0.2) is 0 Å². The molecule has 1 amide bonds. The van der Waals surface area contributed by atoms with Crippen LogP contribution in [0.5, 0.6) is 0 Å². The number of hydrogen-bond donors (Lipinski definition) is 1. The minimum atomic E-state index is 0.0501. The molecule has 2 atom stereocenters. The largest absolute Gasteiger partial charge is 0.338 e. The number of nitrogens with two attached hydrogens (primary N) is 1. The molecule has 6 nitrogen and oxygen atoms in total. The van der Waals surface area contributed by atoms with Gasteiger partial charge in [0.2, 0.25) is 0 Å². The van der Waals surface area contributed by atoms with Gasteiger partial charge in [-0.25, -0.2) is 9.97 Å². The molecule has 116 valence electrons. The van der Waals surface area contributed by atoms with Gasteiger partial charge in [0.1, 0.15) is 12.1 Å². The number of rotatable bonds is 3. The maximum Gasteiger partial charge on any atom is 0.254 e. The van der Waals surface area contributed by atoms with Gasteiger partial charge in [-0.2, -0.15) is 0 Å². The summed E-state index contributed by atoms with van der Waals surface area (Å²) in [5.41, 5.74) is 6.65. The van der Waals surface area contributed by atoms with E-state index in [1.54, 1.807) is 35.4 Å². The molecule has 3 heterocycles. The summed E-state index contributed by atoms with van der Waals surface area (Å²) in [6.07, 6.45) is 8.94. The summed E-state index contributed by atoms with van der Waals surface area (Å²) < 4.78 is 1.79. The third-order valence-electron chi connectivity index (χ3n) is 4.25. The number of piperidine rings is 1. The second kappa shape index (κ2) is 6.27. The van der Waals surface area contributed by atoms with Crippen LogP contribution in [0.2, 0.25) is 0 Å². The van der Waals surface area contributed by atoms with Crippen LogP contribution >= 0.6 is 0 Å². The number of aromatic nitrogens is 3. The molecular weight excluding hydrogens is 278 g/mol. The van der Waals surface area contributed by atoms with E-state index in [1.165, 1.54) is 0 Å². The normalized spacial score (nSPS) is 19.9. The first-order valence-corrected chi connectivity index (χ1v) is 7.64. The fourth-order valence-electron chi connectivity index (χ4n) is 2.89. The van der Waals surface area contributed by atoms with Gasteiger partial charge in [0, 0.05) is 43.3 Å². The summed E-state index contributed by atoms with van der Waals surface area (Å²) in [6.45, 7) is 3.55. The third-order valence-corrected chi connectivity index (χ3v) is 4.25. The number of imidazole rings is 1. The molecule has 0 bridgehead atoms. The van der Waals surface area contributed by atoms with Gasteiger partial charge in [-0.3, -0.25) is 9.36 Å². The van der Waals surface area contributed by atoms with Gasteiger partial charge in [-0.1, -0.05) is 0 Å². The topological polar surface area (TPSA) is 77.0 Å². The van der Waals surface area contributed by atoms with Crippen LogP contribution in [0.4, 0.5) is 0 Å². The van der Waals surface area contributed by atoms with Crippen molar-refractivity contribution in [3.8, 4) is 5.82 Å². The Morgan fingerprint density at radius 1 is 1.45 bits per heavy atom. The summed E-state index contributed by atoms with van der Waals surface area (Å²) in [5, 5.41) is 0. The van der Waals surface area contributed by atoms with Crippen molar-refractivity contribution in [3.05, 3.63) is 42.6 Å². The molecule has 22 heavy (non-hydrogen) atoms. The Morgan fingerprint density at radius 3 is 3.05 bits per heavy atom. The van der Waals surface area contributed by atoms with Crippen LogP contribution in [0.1, 0.15) is 30.1 Å². The Morgan fingerprint density at radius 2 is 2.32 bits per heavy atom. The molecular formula is C16H21N5O. The minimum absolute atomic E-state index is 0.0501. The Kier molecular flexibility index (Phi) is 4.20. The number of amides is 1. The number of carbonyl (C=O) groups excluding carboxylic acids is 1. The molecule has 3 rings (SSSR count). The predicted molar refractivity (Wildman–Crippen MR) is 83.6 cm³/mol. The van der Waals surface area contributed by atoms with Crippen molar-refractivity contribution in [2.75, 3.05) is 13.1 Å². The lowest BCUT2D eigenvalue weighted by Crippen LogP contribution is -2.45. The molecule has 0 aromatic carbocycles. The van der Waals surface area contributed by atoms with Crippen molar-refractivity contribution in [2.24, 2.45) is 11.7 Å². The zero-order chi connectivity index (χ0) is 15.5. The number of nitrogens with zero attached hydrogens (tertiary/aromatic N) is 4. The first-order chi connectivity index (χ1) is 10.6. The predicted octanol–water partition coefficient (Wildman–Crippen LogP) is 1.47. The number of carbonyl (C=O) groups is 1. The van der Waals surface area contributed by atoms with Crippen LogP contribution < -0.4 is 5.73 Å². The second-order valence-electron chi connectivity index (χ2n) is 5.89. The highest BCUT2D eigenvalue weighted by Crippen LogP contribution is 2.21. The fraction of sp³-hybridized carbons (Fsp3) is 0.438. The summed E-state index contributed by atoms with van der Waals surface area (Å²) in [4.78, 5) is 22.9. The summed E-state index contributed by atoms with van der Waals surface area (Å²) in [7, 11) is 0. The van der Waals surface area contributed by atoms with Crippen molar-refractivity contribution in [2.45, 2.75) is 25.8 Å². The van der Waals surface area contributed by atoms with E-state index in [2.05, 4.69) is 9.97 Å². The molecule has 0 saturated carbocycles. The van der Waals surface area contributed by atoms with Crippen molar-refractivity contribution < 1.29 is 4.79 Å². The van der Waals surface area contributed by atoms with Gasteiger partial charge in [0.05, 0.1) is 0 Å². The average molecular weight is 299 g/mol. The standard InChI is InChI=1S/C16H21N5O/c1-12(17)14-3-2-7-20(10-14)16(22)13-4-5-19-15(9-13)21-8-6-18-11-21/h4-6,8-9,11-12,14H,2-3,7,10,17H2,1H3. The summed E-state index contributed by atoms with van der Waals surface area (Å²) in [6, 6.07) is 3.69. The molecule has 1 fully saturated rings. The van der Waals surface area contributed by atoms with Crippen LogP contribution in [-0.2, 0) is 0 Å². The number of hydrogen-bond acceptors (Lipinski definition) is 4. The number of pyridine rings is 1. The van der Waals surface area contributed by atoms with Crippen molar-refractivity contribution in [3.63, 3.8) is 0 Å². The van der Waals surface area contributed by atoms with Gasteiger partial charge in [0.25, 0.3) is 5.91 Å². The van der Waals surface area contributed by atoms with Crippen LogP contribution in [0.15, 0.2) is 37.1 Å². The molecule has 1 saturated heterocycles. The number of likely N-dealkylation sites (tertiary alicyclic amines) is 1. The maximum atomic E-state index is 12.7. The highest BCUT2D eigenvalue weighted by Gasteiger charge is 2.26. The van der Waals surface area contributed by atoms with Gasteiger partial charge in [-0.15, -0.1) is 0 Å². The molecule has 1 aliphatic rings. The monoisotopic (exact) mass is 299 g/mol. The Labute approximate surface area is 130 Å². The lowest BCUT2D eigenvalue weighted by molar-refractivity contribution is 0.0661. The molecule has 0 aliphatic carbocycles. The molecule has 2 unspecified atom stereocenters. The van der Waals surface area contributed by atoms with E-state index in [9.17, 15) is 4.79 Å². The zero-order valence-corrected chi connectivity index (χ0v) is 12.7. The van der Waals surface area contributed by atoms with Crippen LogP contribution in [0.25, 0.3) is 5.82 Å². The van der Waals surface area contributed by atoms with E-state index >= 15 is 0 Å². The van der Waals surface area contributed by atoms with Crippen molar-refractivity contribution in [1.29, 1.82) is 0 Å². The molecule has 1 aliphatic heterocycles. The molecule has 6 heteroatoms. The molecule has 2 aromatic rings. The Bertz CT molecular complexity index is 638. The van der Waals surface area contributed by atoms with E-state index in [0.717, 1.165) is 25.9 Å². The quantitative estimate of drug-likeness (QED) is 0.931. The highest BCUT2D eigenvalue weighted by molar-refractivity contribution is 5.94. The molecule has 2 N–H and O–H groups in total. The first kappa shape index (κ1) is 14.7. The minimum Gasteiger partial charge on any atom is -0.338 e. The van der Waals surface area contributed by atoms with E-state index < -0.39 is 0 Å². The SMILES string of the molecule is CC(N)C1CCCN(C(=O)c2ccnc(-n3ccnc3)c2)C1. The third kappa shape index (κ3) is 3.01. The van der Waals surface area contributed by atoms with Crippen LogP contribution in [0, 0.1) is 5.92 Å². The first-order valence-electron chi connectivity index (χ1n) is 7.64. The van der Waals surface area contributed by atoms with Gasteiger partial charge in [-0.05, 0) is 37.8 Å². The smallest absolute Gasteiger partial charge is 0.254 e. The summed E-state index contributed by atoms with van der Waals surface area (Å²) >= 11 is 0. The van der Waals surface area contributed by atoms with E-state index in [-0.39, 0.29) is 11.9 Å². The highest BCUT2D eigenvalue weighted by atomic mass is 16.2. The van der Waals surface area contributed by atoms with Crippen molar-refractivity contribution >= 4 is 5.91 Å². The lowest BCUT2D eigenvalue weighted by atomic mass is 9.92. The maximum absolute atomic E-state index is 12.7. The molecule has 0 spiro atoms. The fourth-order valence-corrected chi connectivity index (χ4v) is 2.89. The van der Waals surface area contributed by atoms with Crippen LogP contribution in [-0.4, -0.2) is 44.5 Å². The lowest BCUT2D eigenvalue weighted by Gasteiger charge is -2.34. The molecule has 0 radical (unpaired) electrons. The zero-order valence-electron chi connectivity index (χ0n) is 12.7. The van der Waals surface area contributed by atoms with Gasteiger partial charge >= 0.3 is 0 Å². The Balaban J connectivity index is 1.79. The second-order valence-corrected chi connectivity index (χ2v) is 5.89. The van der Waals surface area contributed by atoms with Gasteiger partial charge < -0.3 is 10.6 Å². The van der Waals surface area contributed by atoms with E-state index in [0.29, 0.717) is 17.3 Å². The van der Waals surface area contributed by atoms with E-state index in [1.807, 2.05) is 18.0 Å². The average Bonchev–Trinajstić information content (AvgIpc) is 3.09. The summed E-state index contributed by atoms with van der Waals surface area (Å²) in [5.74, 6) is 1.13. The Hall–Kier alpha value is -2.21. The molecule has 2 aromatic heterocycles. The van der Waals surface area contributed by atoms with Crippen LogP contribution in [0.3, 0.4) is 0 Å². The van der Waals surface area contributed by atoms with E-state index in [4.69, 9.17) is 5.73 Å². The van der Waals surface area contributed by atoms with Crippen molar-refractivity contribution in [1.82, 2.24) is 19.4 Å².